The number of hydrogen-bond acceptors (Lipinski definition) is 2. The van der Waals surface area contributed by atoms with Crippen molar-refractivity contribution in [2.24, 2.45) is 0 Å². The smallest absolute Gasteiger partial charge is 0.189 e. The van der Waals surface area contributed by atoms with Gasteiger partial charge in [-0.25, -0.2) is 0 Å². The van der Waals surface area contributed by atoms with Gasteiger partial charge in [-0.1, -0.05) is 38.0 Å². The van der Waals surface area contributed by atoms with Crippen LogP contribution in [0.25, 0.3) is 0 Å². The molecule has 1 aromatic rings. The zero-order chi connectivity index (χ0) is 10.1. The van der Waals surface area contributed by atoms with E-state index < -0.39 is 0 Å². The average molecular weight is 194 g/mol. The number of unbranched alkanes of at least 4 members (excludes halogenated alkanes) is 2. The first-order valence-electron chi connectivity index (χ1n) is 5.19. The van der Waals surface area contributed by atoms with Crippen LogP contribution in [-0.4, -0.2) is 13.4 Å². The van der Waals surface area contributed by atoms with Gasteiger partial charge < -0.3 is 9.47 Å². The summed E-state index contributed by atoms with van der Waals surface area (Å²) in [5, 5.41) is 0. The van der Waals surface area contributed by atoms with Gasteiger partial charge in [-0.3, -0.25) is 0 Å². The SMILES string of the molecule is CCCCCOCOc1ccccc1. The fraction of sp³-hybridized carbons (Fsp3) is 0.500. The van der Waals surface area contributed by atoms with E-state index in [0.717, 1.165) is 18.8 Å². The third kappa shape index (κ3) is 4.87. The Hall–Kier alpha value is -1.02. The summed E-state index contributed by atoms with van der Waals surface area (Å²) >= 11 is 0. The number of hydrogen-bond donors (Lipinski definition) is 0. The zero-order valence-corrected chi connectivity index (χ0v) is 8.74. The minimum absolute atomic E-state index is 0.355. The molecule has 78 valence electrons. The first kappa shape index (κ1) is 11.1. The largest absolute Gasteiger partial charge is 0.468 e. The lowest BCUT2D eigenvalue weighted by molar-refractivity contribution is 0.0136. The van der Waals surface area contributed by atoms with Gasteiger partial charge in [0.15, 0.2) is 6.79 Å². The molecule has 0 radical (unpaired) electrons. The van der Waals surface area contributed by atoms with E-state index in [0.29, 0.717) is 6.79 Å². The van der Waals surface area contributed by atoms with Crippen LogP contribution in [0.5, 0.6) is 5.75 Å². The molecule has 0 aliphatic rings. The van der Waals surface area contributed by atoms with Crippen LogP contribution in [0, 0.1) is 0 Å². The molecule has 0 saturated carbocycles. The minimum atomic E-state index is 0.355. The summed E-state index contributed by atoms with van der Waals surface area (Å²) in [5.74, 6) is 0.864. The summed E-state index contributed by atoms with van der Waals surface area (Å²) in [7, 11) is 0. The van der Waals surface area contributed by atoms with Gasteiger partial charge in [0, 0.05) is 0 Å². The van der Waals surface area contributed by atoms with E-state index in [1.54, 1.807) is 0 Å². The van der Waals surface area contributed by atoms with Crippen LogP contribution in [0.4, 0.5) is 0 Å². The second kappa shape index (κ2) is 7.39. The van der Waals surface area contributed by atoms with Gasteiger partial charge in [0.1, 0.15) is 5.75 Å². The molecule has 0 aliphatic carbocycles. The van der Waals surface area contributed by atoms with Gasteiger partial charge >= 0.3 is 0 Å². The van der Waals surface area contributed by atoms with Crippen molar-refractivity contribution in [3.05, 3.63) is 30.3 Å². The Labute approximate surface area is 85.8 Å². The van der Waals surface area contributed by atoms with Crippen molar-refractivity contribution in [1.82, 2.24) is 0 Å². The predicted octanol–water partition coefficient (Wildman–Crippen LogP) is 3.23. The lowest BCUT2D eigenvalue weighted by Crippen LogP contribution is -2.03. The molecule has 0 saturated heterocycles. The molecule has 14 heavy (non-hydrogen) atoms. The molecule has 0 fully saturated rings. The molecular weight excluding hydrogens is 176 g/mol. The predicted molar refractivity (Wildman–Crippen MR) is 57.4 cm³/mol. The molecule has 2 nitrogen and oxygen atoms in total. The molecule has 1 aromatic carbocycles. The number of ether oxygens (including phenoxy) is 2. The highest BCUT2D eigenvalue weighted by Gasteiger charge is 1.91. The topological polar surface area (TPSA) is 18.5 Å². The molecule has 0 N–H and O–H groups in total. The molecule has 0 aromatic heterocycles. The molecule has 0 amide bonds. The molecule has 0 aliphatic heterocycles. The summed E-state index contributed by atoms with van der Waals surface area (Å²) in [4.78, 5) is 0. The van der Waals surface area contributed by atoms with E-state index >= 15 is 0 Å². The Kier molecular flexibility index (Phi) is 5.84. The average Bonchev–Trinajstić information content (AvgIpc) is 2.25. The van der Waals surface area contributed by atoms with E-state index in [-0.39, 0.29) is 0 Å². The Morgan fingerprint density at radius 2 is 1.86 bits per heavy atom. The summed E-state index contributed by atoms with van der Waals surface area (Å²) in [6.07, 6.45) is 3.57. The molecule has 0 heterocycles. The van der Waals surface area contributed by atoms with Crippen LogP contribution in [0.3, 0.4) is 0 Å². The van der Waals surface area contributed by atoms with Crippen molar-refractivity contribution in [2.75, 3.05) is 13.4 Å². The summed E-state index contributed by atoms with van der Waals surface area (Å²) in [6, 6.07) is 9.72. The van der Waals surface area contributed by atoms with E-state index in [9.17, 15) is 0 Å². The van der Waals surface area contributed by atoms with Crippen molar-refractivity contribution >= 4 is 0 Å². The van der Waals surface area contributed by atoms with Crippen molar-refractivity contribution in [3.63, 3.8) is 0 Å². The standard InChI is InChI=1S/C12H18O2/c1-2-3-7-10-13-11-14-12-8-5-4-6-9-12/h4-6,8-9H,2-3,7,10-11H2,1H3. The molecule has 1 rings (SSSR count). The third-order valence-corrected chi connectivity index (χ3v) is 1.94. The highest BCUT2D eigenvalue weighted by molar-refractivity contribution is 5.20. The summed E-state index contributed by atoms with van der Waals surface area (Å²) in [6.45, 7) is 3.33. The molecule has 0 unspecified atom stereocenters. The lowest BCUT2D eigenvalue weighted by Gasteiger charge is -2.06. The van der Waals surface area contributed by atoms with Crippen LogP contribution in [0.1, 0.15) is 26.2 Å². The Morgan fingerprint density at radius 1 is 1.07 bits per heavy atom. The highest BCUT2D eigenvalue weighted by Crippen LogP contribution is 2.07. The number of benzene rings is 1. The molecule has 0 spiro atoms. The minimum Gasteiger partial charge on any atom is -0.468 e. The van der Waals surface area contributed by atoms with E-state index in [1.807, 2.05) is 30.3 Å². The Balaban J connectivity index is 1.99. The quantitative estimate of drug-likeness (QED) is 0.490. The number of para-hydroxylation sites is 1. The fourth-order valence-corrected chi connectivity index (χ4v) is 1.14. The van der Waals surface area contributed by atoms with Gasteiger partial charge in [-0.2, -0.15) is 0 Å². The monoisotopic (exact) mass is 194 g/mol. The van der Waals surface area contributed by atoms with Gasteiger partial charge in [-0.05, 0) is 18.6 Å². The van der Waals surface area contributed by atoms with Crippen LogP contribution in [-0.2, 0) is 4.74 Å². The first-order valence-corrected chi connectivity index (χ1v) is 5.19. The van der Waals surface area contributed by atoms with E-state index in [2.05, 4.69) is 6.92 Å². The van der Waals surface area contributed by atoms with Crippen molar-refractivity contribution in [2.45, 2.75) is 26.2 Å². The summed E-state index contributed by atoms with van der Waals surface area (Å²) < 4.78 is 10.7. The second-order valence-electron chi connectivity index (χ2n) is 3.19. The van der Waals surface area contributed by atoms with Crippen LogP contribution in [0.2, 0.25) is 0 Å². The van der Waals surface area contributed by atoms with E-state index in [1.165, 1.54) is 12.8 Å². The van der Waals surface area contributed by atoms with Crippen LogP contribution < -0.4 is 4.74 Å². The maximum atomic E-state index is 5.36. The molecular formula is C12H18O2. The van der Waals surface area contributed by atoms with E-state index in [4.69, 9.17) is 9.47 Å². The van der Waals surface area contributed by atoms with Crippen LogP contribution in [0.15, 0.2) is 30.3 Å². The van der Waals surface area contributed by atoms with Crippen molar-refractivity contribution in [1.29, 1.82) is 0 Å². The third-order valence-electron chi connectivity index (χ3n) is 1.94. The normalized spacial score (nSPS) is 10.1. The lowest BCUT2D eigenvalue weighted by atomic mass is 10.3. The van der Waals surface area contributed by atoms with Crippen molar-refractivity contribution in [3.8, 4) is 5.75 Å². The summed E-state index contributed by atoms with van der Waals surface area (Å²) in [5.41, 5.74) is 0. The maximum Gasteiger partial charge on any atom is 0.189 e. The first-order chi connectivity index (χ1) is 6.93. The van der Waals surface area contributed by atoms with Gasteiger partial charge in [0.05, 0.1) is 6.61 Å². The van der Waals surface area contributed by atoms with Crippen molar-refractivity contribution < 1.29 is 9.47 Å². The molecule has 2 heteroatoms. The van der Waals surface area contributed by atoms with Gasteiger partial charge in [0.2, 0.25) is 0 Å². The Bertz CT molecular complexity index is 221. The van der Waals surface area contributed by atoms with Gasteiger partial charge in [0.25, 0.3) is 0 Å². The van der Waals surface area contributed by atoms with Gasteiger partial charge in [-0.15, -0.1) is 0 Å². The highest BCUT2D eigenvalue weighted by atomic mass is 16.7. The molecule has 0 bridgehead atoms. The Morgan fingerprint density at radius 3 is 2.57 bits per heavy atom. The maximum absolute atomic E-state index is 5.36. The number of rotatable bonds is 7. The molecule has 0 atom stereocenters. The fourth-order valence-electron chi connectivity index (χ4n) is 1.14. The zero-order valence-electron chi connectivity index (χ0n) is 8.74. The van der Waals surface area contributed by atoms with Crippen LogP contribution >= 0.6 is 0 Å². The second-order valence-corrected chi connectivity index (χ2v) is 3.19.